The third kappa shape index (κ3) is 21.9. The van der Waals surface area contributed by atoms with Crippen molar-refractivity contribution in [2.45, 2.75) is 230 Å². The number of aliphatic hydroxyl groups is 1. The van der Waals surface area contributed by atoms with Gasteiger partial charge in [0.25, 0.3) is 5.91 Å². The Morgan fingerprint density at radius 2 is 0.908 bits per heavy atom. The molecular weight excluding hydrogens is 1110 g/mol. The van der Waals surface area contributed by atoms with Crippen LogP contribution in [-0.2, 0) is 57.5 Å². The molecule has 1 saturated heterocycles. The summed E-state index contributed by atoms with van der Waals surface area (Å²) in [5, 5.41) is 14.9. The van der Waals surface area contributed by atoms with Gasteiger partial charge in [0.05, 0.1) is 18.2 Å². The van der Waals surface area contributed by atoms with E-state index in [0.29, 0.717) is 6.42 Å². The first-order chi connectivity index (χ1) is 40.2. The van der Waals surface area contributed by atoms with Crippen molar-refractivity contribution in [3.05, 3.63) is 12.2 Å². The first-order valence-electron chi connectivity index (χ1n) is 31.8. The number of ether oxygens (including phenoxy) is 1. The molecule has 1 rings (SSSR count). The van der Waals surface area contributed by atoms with Crippen molar-refractivity contribution in [3.8, 4) is 0 Å². The summed E-state index contributed by atoms with van der Waals surface area (Å²) in [6.45, 7) is 30.4. The Morgan fingerprint density at radius 1 is 0.494 bits per heavy atom. The maximum atomic E-state index is 15.2. The molecule has 0 aromatic rings. The van der Waals surface area contributed by atoms with Crippen LogP contribution in [0.25, 0.3) is 0 Å². The van der Waals surface area contributed by atoms with E-state index < -0.39 is 161 Å². The van der Waals surface area contributed by atoms with Crippen molar-refractivity contribution >= 4 is 64.6 Å². The highest BCUT2D eigenvalue weighted by molar-refractivity contribution is 5.99. The Morgan fingerprint density at radius 3 is 1.33 bits per heavy atom. The first-order valence-corrected chi connectivity index (χ1v) is 31.8. The van der Waals surface area contributed by atoms with E-state index in [9.17, 15) is 38.7 Å². The zero-order valence-electron chi connectivity index (χ0n) is 58.0. The highest BCUT2D eigenvalue weighted by Crippen LogP contribution is 2.30. The fraction of sp³-hybridized carbons (Fsp3) is 0.803. The molecule has 0 aromatic carbocycles. The Balaban J connectivity index is 4.41. The largest absolute Gasteiger partial charge is 0.390 e. The van der Waals surface area contributed by atoms with Crippen LogP contribution in [0, 0.1) is 59.2 Å². The van der Waals surface area contributed by atoms with Crippen molar-refractivity contribution in [3.63, 3.8) is 0 Å². The predicted octanol–water partition coefficient (Wildman–Crippen LogP) is 6.51. The minimum Gasteiger partial charge on any atom is -0.390 e. The van der Waals surface area contributed by atoms with E-state index in [4.69, 9.17) is 4.74 Å². The summed E-state index contributed by atoms with van der Waals surface area (Å²) in [5.41, 5.74) is 0. The lowest BCUT2D eigenvalue weighted by Crippen LogP contribution is -2.61. The maximum absolute atomic E-state index is 15.2. The van der Waals surface area contributed by atoms with Gasteiger partial charge in [0.2, 0.25) is 47.6 Å². The number of ketones is 3. The highest BCUT2D eigenvalue weighted by Gasteiger charge is 2.46. The molecule has 0 aromatic heterocycles. The number of nitrogens with zero attached hydrogens (tertiary/aromatic N) is 7. The number of allylic oxidation sites excluding steroid dienone is 2. The lowest BCUT2D eigenvalue weighted by Gasteiger charge is -2.41. The van der Waals surface area contributed by atoms with Crippen molar-refractivity contribution in [1.29, 1.82) is 0 Å². The fourth-order valence-corrected chi connectivity index (χ4v) is 11.8. The number of likely N-dealkylation sites (N-methyl/N-ethyl adjacent to an activating group) is 7. The maximum Gasteiger partial charge on any atom is 0.273 e. The molecule has 1 aliphatic heterocycles. The van der Waals surface area contributed by atoms with E-state index in [1.54, 1.807) is 54.5 Å². The minimum atomic E-state index is -1.58. The molecule has 13 atom stereocenters. The molecule has 0 spiro atoms. The number of hydrogen-bond donors (Lipinski definition) is 2. The van der Waals surface area contributed by atoms with Crippen LogP contribution in [0.2, 0.25) is 0 Å². The van der Waals surface area contributed by atoms with E-state index in [2.05, 4.69) is 5.32 Å². The van der Waals surface area contributed by atoms with Gasteiger partial charge in [-0.15, -0.1) is 0 Å². The molecular formula is C66H116N8O13. The normalized spacial score (nSPS) is 27.7. The Labute approximate surface area is 522 Å². The average Bonchev–Trinajstić information content (AvgIpc) is 1.23. The lowest BCUT2D eigenvalue weighted by atomic mass is 9.84. The number of aliphatic hydroxyl groups excluding tert-OH is 1. The van der Waals surface area contributed by atoms with E-state index in [1.165, 1.54) is 87.9 Å². The number of carbonyl (C=O) groups is 11. The van der Waals surface area contributed by atoms with Crippen LogP contribution in [0.4, 0.5) is 0 Å². The number of Topliss-reactive ketones (excluding diaryl/α,β-unsaturated/α-hetero) is 3. The van der Waals surface area contributed by atoms with E-state index in [0.717, 1.165) is 9.80 Å². The topological polar surface area (TPSA) is 252 Å². The number of rotatable bonds is 16. The summed E-state index contributed by atoms with van der Waals surface area (Å²) >= 11 is 0. The minimum absolute atomic E-state index is 0.0799. The molecule has 0 bridgehead atoms. The van der Waals surface area contributed by atoms with Gasteiger partial charge in [-0.3, -0.25) is 52.7 Å². The molecule has 1 fully saturated rings. The first kappa shape index (κ1) is 79.4. The summed E-state index contributed by atoms with van der Waals surface area (Å²) < 4.78 is 5.73. The number of hydrogen-bond acceptors (Lipinski definition) is 13. The second-order valence-electron chi connectivity index (χ2n) is 27.3. The number of methoxy groups -OCH3 is 1. The van der Waals surface area contributed by atoms with Crippen LogP contribution in [0.3, 0.4) is 0 Å². The summed E-state index contributed by atoms with van der Waals surface area (Å²) in [6, 6.07) is -8.29. The zero-order chi connectivity index (χ0) is 67.6. The Kier molecular flexibility index (Phi) is 33.0. The summed E-state index contributed by atoms with van der Waals surface area (Å²) in [4.78, 5) is 171. The van der Waals surface area contributed by atoms with Gasteiger partial charge in [0, 0.05) is 93.5 Å². The van der Waals surface area contributed by atoms with Crippen LogP contribution in [0.5, 0.6) is 0 Å². The van der Waals surface area contributed by atoms with Crippen molar-refractivity contribution in [2.75, 3.05) is 56.4 Å². The molecule has 1 aliphatic rings. The van der Waals surface area contributed by atoms with E-state index in [1.807, 2.05) is 68.4 Å². The van der Waals surface area contributed by atoms with Gasteiger partial charge in [-0.2, -0.15) is 0 Å². The quantitative estimate of drug-likeness (QED) is 0.157. The van der Waals surface area contributed by atoms with Gasteiger partial charge in [0.15, 0.2) is 17.3 Å². The monoisotopic (exact) mass is 1230 g/mol. The van der Waals surface area contributed by atoms with Gasteiger partial charge in [-0.25, -0.2) is 0 Å². The third-order valence-corrected chi connectivity index (χ3v) is 17.4. The van der Waals surface area contributed by atoms with Crippen LogP contribution in [-0.4, -0.2) is 215 Å². The molecule has 0 saturated carbocycles. The molecule has 21 nitrogen and oxygen atoms in total. The van der Waals surface area contributed by atoms with Gasteiger partial charge >= 0.3 is 0 Å². The standard InChI is InChI=1S/C66H116N8O13/c1-26-28-29-43(15)57(78)56-54(77)35-46(27-2)60(81)74(24)66(87-25)65(86)69(19)49(31-38(5)6)53(76)36-47(41(11)12)61(82)68(18)48(30-37(3)4)52(75)34-44(16)58(79)67-45(17)59(80)70(20)50(32-39(7)8)62(83)71(21)51(33-40(9)10)63(84)72(22)55(42(13)14)64(85)73(56)23/h26,28,37-51,55-57,66,78H,27,29-36H2,1-25H3,(H,67,79)/b28-26+/t43-,44+,45+,46+,47-,48-,49+,50-,51-,55-,56+,57-,66-/m1/s1. The SMILES string of the molecule is C/C=C/C[C@@H](C)[C@@H](O)[C@@H]1C(=O)C[C@H](CC)C(=O)N(C)[C@H](OC)C(=O)N(C)[C@@H](CC(C)C)C(=O)C[C@H](C(C)C)C(=O)N(C)[C@H](CC(C)C)C(=O)C[C@H](C)C(=O)N[C@@H](C)C(=O)N(C)[C@H](CC(C)C)C(=O)N(C)[C@H](CC(C)C)C(=O)N(C)[C@H](C(C)C)C(=O)N1C. The number of carbonyl (C=O) groups excluding carboxylic acids is 11. The van der Waals surface area contributed by atoms with Gasteiger partial charge in [0.1, 0.15) is 30.2 Å². The third-order valence-electron chi connectivity index (χ3n) is 17.4. The molecule has 2 N–H and O–H groups in total. The van der Waals surface area contributed by atoms with Crippen LogP contribution in [0.15, 0.2) is 12.2 Å². The molecule has 21 heteroatoms. The van der Waals surface area contributed by atoms with Gasteiger partial charge in [-0.1, -0.05) is 116 Å². The average molecular weight is 1230 g/mol. The predicted molar refractivity (Wildman–Crippen MR) is 338 cm³/mol. The second kappa shape index (κ2) is 36.2. The molecule has 0 radical (unpaired) electrons. The van der Waals surface area contributed by atoms with Crippen LogP contribution < -0.4 is 5.32 Å². The molecule has 87 heavy (non-hydrogen) atoms. The van der Waals surface area contributed by atoms with Crippen molar-refractivity contribution in [2.24, 2.45) is 59.2 Å². The van der Waals surface area contributed by atoms with E-state index >= 15 is 19.2 Å². The second-order valence-corrected chi connectivity index (χ2v) is 27.3. The molecule has 498 valence electrons. The molecule has 8 amide bonds. The summed E-state index contributed by atoms with van der Waals surface area (Å²) in [7, 11) is 11.3. The molecule has 1 heterocycles. The zero-order valence-corrected chi connectivity index (χ0v) is 58.0. The fourth-order valence-electron chi connectivity index (χ4n) is 11.8. The number of nitrogens with one attached hydrogen (secondary N) is 1. The molecule has 0 aliphatic carbocycles. The Hall–Kier alpha value is -5.57. The van der Waals surface area contributed by atoms with Crippen molar-refractivity contribution in [1.82, 2.24) is 39.6 Å². The van der Waals surface area contributed by atoms with Crippen LogP contribution in [0.1, 0.15) is 175 Å². The smallest absolute Gasteiger partial charge is 0.273 e. The lowest BCUT2D eigenvalue weighted by molar-refractivity contribution is -0.165. The van der Waals surface area contributed by atoms with Gasteiger partial charge < -0.3 is 49.5 Å². The van der Waals surface area contributed by atoms with E-state index in [-0.39, 0.29) is 68.6 Å². The molecule has 0 unspecified atom stereocenters. The Bertz CT molecular complexity index is 2370. The highest BCUT2D eigenvalue weighted by atomic mass is 16.5. The number of amides is 8. The van der Waals surface area contributed by atoms with Gasteiger partial charge in [-0.05, 0) is 93.8 Å². The summed E-state index contributed by atoms with van der Waals surface area (Å²) in [6.07, 6.45) is 0.671. The summed E-state index contributed by atoms with van der Waals surface area (Å²) in [5.74, 6) is -11.5. The van der Waals surface area contributed by atoms with Crippen LogP contribution >= 0.6 is 0 Å². The van der Waals surface area contributed by atoms with Crippen molar-refractivity contribution < 1.29 is 62.6 Å².